The predicted octanol–water partition coefficient (Wildman–Crippen LogP) is 4.08. The summed E-state index contributed by atoms with van der Waals surface area (Å²) in [5.41, 5.74) is 3.18. The van der Waals surface area contributed by atoms with Gasteiger partial charge < -0.3 is 14.9 Å². The Morgan fingerprint density at radius 3 is 2.85 bits per heavy atom. The van der Waals surface area contributed by atoms with Crippen LogP contribution in [-0.4, -0.2) is 46.4 Å². The first-order chi connectivity index (χ1) is 13.1. The highest BCUT2D eigenvalue weighted by molar-refractivity contribution is 9.10. The fourth-order valence-electron chi connectivity index (χ4n) is 3.52. The summed E-state index contributed by atoms with van der Waals surface area (Å²) in [6, 6.07) is 14.6. The average Bonchev–Trinajstić information content (AvgIpc) is 3.16. The molecule has 3 aromatic rings. The number of benzene rings is 2. The normalized spacial score (nSPS) is 18.0. The molecule has 4 rings (SSSR count). The minimum absolute atomic E-state index is 0.343. The van der Waals surface area contributed by atoms with Gasteiger partial charge in [0, 0.05) is 35.7 Å². The lowest BCUT2D eigenvalue weighted by atomic mass is 10.1. The molecular weight excluding hydrogens is 404 g/mol. The maximum Gasteiger partial charge on any atom is 0.0964 e. The van der Waals surface area contributed by atoms with E-state index in [1.807, 2.05) is 30.5 Å². The lowest BCUT2D eigenvalue weighted by Gasteiger charge is -2.35. The number of likely N-dealkylation sites (N-methyl/N-ethyl adjacent to an activating group) is 1. The van der Waals surface area contributed by atoms with Gasteiger partial charge in [0.2, 0.25) is 0 Å². The molecule has 27 heavy (non-hydrogen) atoms. The summed E-state index contributed by atoms with van der Waals surface area (Å²) in [6.45, 7) is 1.53. The number of aliphatic hydroxyl groups is 1. The second-order valence-electron chi connectivity index (χ2n) is 7.01. The molecule has 5 nitrogen and oxygen atoms in total. The van der Waals surface area contributed by atoms with Crippen LogP contribution in [0.5, 0.6) is 0 Å². The molecule has 0 spiro atoms. The molecule has 2 N–H and O–H groups in total. The quantitative estimate of drug-likeness (QED) is 0.644. The molecule has 0 fully saturated rings. The third-order valence-corrected chi connectivity index (χ3v) is 5.75. The maximum atomic E-state index is 10.5. The standard InChI is InChI=1S/C21H23BrN4O/c1-25(19-6-7-20-16(12-19)13-23-24-20)18-8-10-26(11-9-18)14-21(27)15-2-4-17(22)5-3-15/h2-8,10,12-13,18,21,27H,9,11,14H2,1H3,(H,23,24). The number of aromatic amines is 1. The molecule has 1 aliphatic rings. The van der Waals surface area contributed by atoms with Crippen LogP contribution in [0.1, 0.15) is 18.1 Å². The van der Waals surface area contributed by atoms with Gasteiger partial charge in [0.1, 0.15) is 0 Å². The Balaban J connectivity index is 1.39. The monoisotopic (exact) mass is 426 g/mol. The highest BCUT2D eigenvalue weighted by atomic mass is 79.9. The summed E-state index contributed by atoms with van der Waals surface area (Å²) in [5, 5.41) is 18.7. The van der Waals surface area contributed by atoms with Crippen molar-refractivity contribution < 1.29 is 5.11 Å². The first kappa shape index (κ1) is 18.1. The number of fused-ring (bicyclic) bond motifs is 1. The van der Waals surface area contributed by atoms with Crippen molar-refractivity contribution in [1.29, 1.82) is 0 Å². The van der Waals surface area contributed by atoms with Crippen LogP contribution >= 0.6 is 15.9 Å². The molecule has 140 valence electrons. The largest absolute Gasteiger partial charge is 0.387 e. The number of aliphatic hydroxyl groups excluding tert-OH is 1. The summed E-state index contributed by atoms with van der Waals surface area (Å²) >= 11 is 3.43. The Bertz CT molecular complexity index is 937. The first-order valence-electron chi connectivity index (χ1n) is 9.12. The highest BCUT2D eigenvalue weighted by Crippen LogP contribution is 2.25. The van der Waals surface area contributed by atoms with Crippen molar-refractivity contribution in [3.63, 3.8) is 0 Å². The molecule has 2 heterocycles. The fourth-order valence-corrected chi connectivity index (χ4v) is 3.78. The summed E-state index contributed by atoms with van der Waals surface area (Å²) < 4.78 is 1.02. The Hall–Kier alpha value is -2.31. The SMILES string of the molecule is CN(c1ccc2[nH]ncc2c1)C1C=CN(CC(O)c2ccc(Br)cc2)CC1. The molecule has 2 atom stereocenters. The summed E-state index contributed by atoms with van der Waals surface area (Å²) in [6.07, 6.45) is 6.72. The molecule has 1 aliphatic heterocycles. The molecule has 0 aliphatic carbocycles. The molecule has 0 saturated carbocycles. The van der Waals surface area contributed by atoms with Gasteiger partial charge in [-0.05, 0) is 54.6 Å². The number of anilines is 1. The van der Waals surface area contributed by atoms with E-state index in [0.717, 1.165) is 33.9 Å². The second-order valence-corrected chi connectivity index (χ2v) is 7.93. The van der Waals surface area contributed by atoms with Gasteiger partial charge in [-0.2, -0.15) is 5.10 Å². The van der Waals surface area contributed by atoms with Crippen molar-refractivity contribution in [1.82, 2.24) is 15.1 Å². The molecule has 1 aromatic heterocycles. The highest BCUT2D eigenvalue weighted by Gasteiger charge is 2.20. The topological polar surface area (TPSA) is 55.4 Å². The third kappa shape index (κ3) is 4.01. The van der Waals surface area contributed by atoms with E-state index >= 15 is 0 Å². The van der Waals surface area contributed by atoms with Crippen molar-refractivity contribution >= 4 is 32.5 Å². The van der Waals surface area contributed by atoms with Crippen LogP contribution in [-0.2, 0) is 0 Å². The summed E-state index contributed by atoms with van der Waals surface area (Å²) in [4.78, 5) is 4.49. The Morgan fingerprint density at radius 1 is 1.30 bits per heavy atom. The van der Waals surface area contributed by atoms with E-state index in [1.54, 1.807) is 0 Å². The zero-order chi connectivity index (χ0) is 18.8. The second kappa shape index (κ2) is 7.74. The molecule has 6 heteroatoms. The van der Waals surface area contributed by atoms with E-state index in [1.165, 1.54) is 5.69 Å². The lowest BCUT2D eigenvalue weighted by Crippen LogP contribution is -2.38. The van der Waals surface area contributed by atoms with E-state index in [-0.39, 0.29) is 0 Å². The van der Waals surface area contributed by atoms with Crippen molar-refractivity contribution in [3.8, 4) is 0 Å². The number of hydrogen-bond donors (Lipinski definition) is 2. The number of rotatable bonds is 5. The van der Waals surface area contributed by atoms with Gasteiger partial charge in [-0.3, -0.25) is 5.10 Å². The zero-order valence-electron chi connectivity index (χ0n) is 15.2. The van der Waals surface area contributed by atoms with Crippen LogP contribution < -0.4 is 4.90 Å². The number of β-amino-alcohol motifs (C(OH)–C–C–N with tert-alkyl or cyclic N) is 1. The molecule has 2 aromatic carbocycles. The average molecular weight is 427 g/mol. The molecule has 2 unspecified atom stereocenters. The summed E-state index contributed by atoms with van der Waals surface area (Å²) in [7, 11) is 2.13. The molecule has 0 bridgehead atoms. The number of hydrogen-bond acceptors (Lipinski definition) is 4. The van der Waals surface area contributed by atoms with Gasteiger partial charge in [-0.15, -0.1) is 0 Å². The van der Waals surface area contributed by atoms with Crippen LogP contribution in [0.3, 0.4) is 0 Å². The maximum absolute atomic E-state index is 10.5. The molecular formula is C21H23BrN4O. The fraction of sp³-hybridized carbons (Fsp3) is 0.286. The van der Waals surface area contributed by atoms with Gasteiger partial charge >= 0.3 is 0 Å². The van der Waals surface area contributed by atoms with E-state index in [9.17, 15) is 5.11 Å². The Morgan fingerprint density at radius 2 is 2.11 bits per heavy atom. The van der Waals surface area contributed by atoms with E-state index in [2.05, 4.69) is 73.4 Å². The number of halogens is 1. The lowest BCUT2D eigenvalue weighted by molar-refractivity contribution is 0.132. The number of aromatic nitrogens is 2. The first-order valence-corrected chi connectivity index (χ1v) is 9.91. The Labute approximate surface area is 167 Å². The number of H-pyrrole nitrogens is 1. The van der Waals surface area contributed by atoms with Gasteiger partial charge in [-0.1, -0.05) is 28.1 Å². The van der Waals surface area contributed by atoms with Gasteiger partial charge in [0.15, 0.2) is 0 Å². The van der Waals surface area contributed by atoms with Crippen LogP contribution in [0.4, 0.5) is 5.69 Å². The minimum Gasteiger partial charge on any atom is -0.387 e. The molecule has 0 amide bonds. The van der Waals surface area contributed by atoms with Crippen LogP contribution in [0, 0.1) is 0 Å². The van der Waals surface area contributed by atoms with Crippen LogP contribution in [0.15, 0.2) is 65.4 Å². The smallest absolute Gasteiger partial charge is 0.0964 e. The van der Waals surface area contributed by atoms with Gasteiger partial charge in [-0.25, -0.2) is 0 Å². The number of nitrogens with zero attached hydrogens (tertiary/aromatic N) is 3. The van der Waals surface area contributed by atoms with Gasteiger partial charge in [0.25, 0.3) is 0 Å². The summed E-state index contributed by atoms with van der Waals surface area (Å²) in [5.74, 6) is 0. The molecule has 0 saturated heterocycles. The minimum atomic E-state index is -0.486. The Kier molecular flexibility index (Phi) is 5.18. The van der Waals surface area contributed by atoms with Crippen molar-refractivity contribution in [2.75, 3.05) is 25.0 Å². The van der Waals surface area contributed by atoms with E-state index in [4.69, 9.17) is 0 Å². The van der Waals surface area contributed by atoms with Crippen molar-refractivity contribution in [2.45, 2.75) is 18.6 Å². The van der Waals surface area contributed by atoms with Crippen molar-refractivity contribution in [3.05, 3.63) is 71.0 Å². The predicted molar refractivity (Wildman–Crippen MR) is 113 cm³/mol. The van der Waals surface area contributed by atoms with E-state index < -0.39 is 6.10 Å². The third-order valence-electron chi connectivity index (χ3n) is 5.22. The van der Waals surface area contributed by atoms with Crippen LogP contribution in [0.2, 0.25) is 0 Å². The number of nitrogens with one attached hydrogen (secondary N) is 1. The molecule has 0 radical (unpaired) electrons. The van der Waals surface area contributed by atoms with Crippen LogP contribution in [0.25, 0.3) is 10.9 Å². The van der Waals surface area contributed by atoms with E-state index in [0.29, 0.717) is 12.6 Å². The zero-order valence-corrected chi connectivity index (χ0v) is 16.8. The van der Waals surface area contributed by atoms with Gasteiger partial charge in [0.05, 0.1) is 23.9 Å². The van der Waals surface area contributed by atoms with Crippen molar-refractivity contribution in [2.24, 2.45) is 0 Å².